The molecule has 2 unspecified atom stereocenters. The first kappa shape index (κ1) is 11.4. The summed E-state index contributed by atoms with van der Waals surface area (Å²) < 4.78 is 0. The molecule has 2 atom stereocenters. The van der Waals surface area contributed by atoms with Crippen LogP contribution in [-0.4, -0.2) is 6.29 Å². The molecule has 1 aliphatic carbocycles. The van der Waals surface area contributed by atoms with Crippen molar-refractivity contribution in [2.75, 3.05) is 0 Å². The first-order chi connectivity index (χ1) is 7.70. The van der Waals surface area contributed by atoms with E-state index in [1.807, 2.05) is 6.07 Å². The third-order valence-electron chi connectivity index (χ3n) is 3.84. The molecule has 0 heterocycles. The summed E-state index contributed by atoms with van der Waals surface area (Å²) >= 11 is 0. The van der Waals surface area contributed by atoms with Crippen molar-refractivity contribution in [3.05, 3.63) is 34.9 Å². The Balaban J connectivity index is 2.35. The number of carbonyl (C=O) groups excluding carboxylic acids is 1. The van der Waals surface area contributed by atoms with Gasteiger partial charge < -0.3 is 0 Å². The van der Waals surface area contributed by atoms with Crippen LogP contribution in [0.25, 0.3) is 0 Å². The average molecular weight is 216 g/mol. The molecule has 0 aromatic heterocycles. The van der Waals surface area contributed by atoms with Crippen molar-refractivity contribution in [2.45, 2.75) is 45.4 Å². The second kappa shape index (κ2) is 4.82. The minimum atomic E-state index is 0.595. The van der Waals surface area contributed by atoms with Crippen LogP contribution >= 0.6 is 0 Å². The summed E-state index contributed by atoms with van der Waals surface area (Å²) in [5.41, 5.74) is 3.67. The smallest absolute Gasteiger partial charge is 0.150 e. The zero-order valence-corrected chi connectivity index (χ0v) is 10.2. The highest BCUT2D eigenvalue weighted by molar-refractivity contribution is 5.75. The van der Waals surface area contributed by atoms with Crippen molar-refractivity contribution in [1.29, 1.82) is 0 Å². The highest BCUT2D eigenvalue weighted by atomic mass is 16.1. The van der Waals surface area contributed by atoms with E-state index >= 15 is 0 Å². The standard InChI is InChI=1S/C15H20O/c1-11-3-5-12(2)15-9-13(10-16)6-8-14(15)7-4-11/h6,8-12H,3-5,7H2,1-2H3. The number of carbonyl (C=O) groups is 1. The van der Waals surface area contributed by atoms with Crippen LogP contribution in [0.1, 0.15) is 60.5 Å². The summed E-state index contributed by atoms with van der Waals surface area (Å²) in [6, 6.07) is 6.18. The second-order valence-electron chi connectivity index (χ2n) is 5.20. The normalized spacial score (nSPS) is 25.4. The number of aldehydes is 1. The van der Waals surface area contributed by atoms with E-state index in [0.29, 0.717) is 5.92 Å². The van der Waals surface area contributed by atoms with Gasteiger partial charge in [0, 0.05) is 5.56 Å². The maximum atomic E-state index is 10.8. The van der Waals surface area contributed by atoms with E-state index in [4.69, 9.17) is 0 Å². The molecule has 1 heteroatoms. The number of hydrogen-bond donors (Lipinski definition) is 0. The summed E-state index contributed by atoms with van der Waals surface area (Å²) in [4.78, 5) is 10.8. The van der Waals surface area contributed by atoms with Gasteiger partial charge in [0.1, 0.15) is 6.29 Å². The third-order valence-corrected chi connectivity index (χ3v) is 3.84. The Morgan fingerprint density at radius 1 is 1.19 bits per heavy atom. The lowest BCUT2D eigenvalue weighted by atomic mass is 9.82. The molecule has 0 saturated heterocycles. The maximum absolute atomic E-state index is 10.8. The van der Waals surface area contributed by atoms with Crippen LogP contribution in [0, 0.1) is 5.92 Å². The summed E-state index contributed by atoms with van der Waals surface area (Å²) in [5, 5.41) is 0. The van der Waals surface area contributed by atoms with Gasteiger partial charge in [0.15, 0.2) is 0 Å². The minimum Gasteiger partial charge on any atom is -0.298 e. The number of hydrogen-bond acceptors (Lipinski definition) is 1. The molecule has 0 bridgehead atoms. The van der Waals surface area contributed by atoms with Crippen molar-refractivity contribution in [3.8, 4) is 0 Å². The highest BCUT2D eigenvalue weighted by Crippen LogP contribution is 2.31. The molecule has 0 aliphatic heterocycles. The molecule has 1 aromatic carbocycles. The minimum absolute atomic E-state index is 0.595. The van der Waals surface area contributed by atoms with E-state index in [2.05, 4.69) is 26.0 Å². The van der Waals surface area contributed by atoms with Crippen molar-refractivity contribution in [1.82, 2.24) is 0 Å². The van der Waals surface area contributed by atoms with Crippen LogP contribution in [0.4, 0.5) is 0 Å². The van der Waals surface area contributed by atoms with Gasteiger partial charge in [-0.05, 0) is 48.3 Å². The molecule has 1 aliphatic rings. The Hall–Kier alpha value is -1.11. The third kappa shape index (κ3) is 2.34. The first-order valence-corrected chi connectivity index (χ1v) is 6.28. The molecule has 1 aromatic rings. The topological polar surface area (TPSA) is 17.1 Å². The van der Waals surface area contributed by atoms with Crippen LogP contribution in [-0.2, 0) is 6.42 Å². The Labute approximate surface area is 97.9 Å². The van der Waals surface area contributed by atoms with Gasteiger partial charge in [0.2, 0.25) is 0 Å². The van der Waals surface area contributed by atoms with Gasteiger partial charge >= 0.3 is 0 Å². The first-order valence-electron chi connectivity index (χ1n) is 6.28. The number of benzene rings is 1. The van der Waals surface area contributed by atoms with Gasteiger partial charge in [-0.25, -0.2) is 0 Å². The van der Waals surface area contributed by atoms with Gasteiger partial charge in [-0.1, -0.05) is 32.4 Å². The highest BCUT2D eigenvalue weighted by Gasteiger charge is 2.16. The predicted octanol–water partition coefficient (Wildman–Crippen LogP) is 3.97. The molecule has 0 spiro atoms. The molecule has 0 fully saturated rings. The van der Waals surface area contributed by atoms with Crippen LogP contribution in [0.2, 0.25) is 0 Å². The van der Waals surface area contributed by atoms with Crippen LogP contribution in [0.5, 0.6) is 0 Å². The summed E-state index contributed by atoms with van der Waals surface area (Å²) in [6.07, 6.45) is 5.96. The molecular weight excluding hydrogens is 196 g/mol. The molecular formula is C15H20O. The predicted molar refractivity (Wildman–Crippen MR) is 67.0 cm³/mol. The van der Waals surface area contributed by atoms with Gasteiger partial charge in [-0.15, -0.1) is 0 Å². The monoisotopic (exact) mass is 216 g/mol. The Morgan fingerprint density at radius 3 is 2.75 bits per heavy atom. The SMILES string of the molecule is CC1CCc2ccc(C=O)cc2C(C)CC1. The quantitative estimate of drug-likeness (QED) is 0.649. The van der Waals surface area contributed by atoms with Gasteiger partial charge in [-0.2, -0.15) is 0 Å². The second-order valence-corrected chi connectivity index (χ2v) is 5.20. The average Bonchev–Trinajstić information content (AvgIpc) is 2.31. The molecule has 86 valence electrons. The number of rotatable bonds is 1. The lowest BCUT2D eigenvalue weighted by molar-refractivity contribution is 0.112. The fraction of sp³-hybridized carbons (Fsp3) is 0.533. The molecule has 2 rings (SSSR count). The van der Waals surface area contributed by atoms with Crippen molar-refractivity contribution >= 4 is 6.29 Å². The van der Waals surface area contributed by atoms with E-state index in [0.717, 1.165) is 17.8 Å². The van der Waals surface area contributed by atoms with E-state index < -0.39 is 0 Å². The zero-order chi connectivity index (χ0) is 11.5. The lowest BCUT2D eigenvalue weighted by Gasteiger charge is -2.23. The fourth-order valence-corrected chi connectivity index (χ4v) is 2.61. The summed E-state index contributed by atoms with van der Waals surface area (Å²) in [7, 11) is 0. The zero-order valence-electron chi connectivity index (χ0n) is 10.2. The summed E-state index contributed by atoms with van der Waals surface area (Å²) in [6.45, 7) is 4.63. The maximum Gasteiger partial charge on any atom is 0.150 e. The lowest BCUT2D eigenvalue weighted by Crippen LogP contribution is -2.09. The molecule has 0 saturated carbocycles. The number of fused-ring (bicyclic) bond motifs is 1. The van der Waals surface area contributed by atoms with Crippen molar-refractivity contribution in [2.24, 2.45) is 5.92 Å². The van der Waals surface area contributed by atoms with E-state index in [1.165, 1.54) is 36.8 Å². The Bertz CT molecular complexity index is 381. The molecule has 0 N–H and O–H groups in total. The molecule has 1 nitrogen and oxygen atoms in total. The van der Waals surface area contributed by atoms with Crippen LogP contribution in [0.15, 0.2) is 18.2 Å². The van der Waals surface area contributed by atoms with Crippen molar-refractivity contribution in [3.63, 3.8) is 0 Å². The van der Waals surface area contributed by atoms with Crippen molar-refractivity contribution < 1.29 is 4.79 Å². The van der Waals surface area contributed by atoms with Crippen LogP contribution < -0.4 is 0 Å². The Morgan fingerprint density at radius 2 is 2.00 bits per heavy atom. The van der Waals surface area contributed by atoms with Gasteiger partial charge in [0.05, 0.1) is 0 Å². The van der Waals surface area contributed by atoms with Gasteiger partial charge in [0.25, 0.3) is 0 Å². The van der Waals surface area contributed by atoms with Crippen LogP contribution in [0.3, 0.4) is 0 Å². The fourth-order valence-electron chi connectivity index (χ4n) is 2.61. The number of aryl methyl sites for hydroxylation is 1. The molecule has 0 radical (unpaired) electrons. The van der Waals surface area contributed by atoms with E-state index in [-0.39, 0.29) is 0 Å². The van der Waals surface area contributed by atoms with E-state index in [9.17, 15) is 4.79 Å². The van der Waals surface area contributed by atoms with Gasteiger partial charge in [-0.3, -0.25) is 4.79 Å². The van der Waals surface area contributed by atoms with E-state index in [1.54, 1.807) is 0 Å². The largest absolute Gasteiger partial charge is 0.298 e. The molecule has 16 heavy (non-hydrogen) atoms. The Kier molecular flexibility index (Phi) is 3.42. The summed E-state index contributed by atoms with van der Waals surface area (Å²) in [5.74, 6) is 1.43. The molecule has 0 amide bonds.